The molecule has 1 aliphatic heterocycles. The molecule has 0 amide bonds. The number of hydrogen-bond acceptors (Lipinski definition) is 8. The van der Waals surface area contributed by atoms with Crippen LogP contribution in [0.2, 0.25) is 0 Å². The number of hydrogen-bond donors (Lipinski definition) is 4. The number of aromatic nitrogens is 2. The van der Waals surface area contributed by atoms with Crippen LogP contribution in [0, 0.1) is 5.41 Å². The number of nitrogen functional groups attached to an aromatic ring is 2. The van der Waals surface area contributed by atoms with Crippen LogP contribution in [0.1, 0.15) is 16.7 Å². The van der Waals surface area contributed by atoms with Crippen LogP contribution < -0.4 is 26.4 Å². The molecule has 0 saturated carbocycles. The third-order valence-corrected chi connectivity index (χ3v) is 5.27. The third-order valence-electron chi connectivity index (χ3n) is 5.27. The molecule has 1 atom stereocenters. The molecule has 30 heavy (non-hydrogen) atoms. The number of para-hydroxylation sites is 2. The maximum absolute atomic E-state index is 7.67. The first-order valence-electron chi connectivity index (χ1n) is 9.73. The van der Waals surface area contributed by atoms with Crippen molar-refractivity contribution in [3.8, 4) is 5.75 Å². The second-order valence-corrected chi connectivity index (χ2v) is 7.24. The molecule has 2 aromatic carbocycles. The average molecular weight is 403 g/mol. The molecular weight excluding hydrogens is 378 g/mol. The van der Waals surface area contributed by atoms with E-state index in [-0.39, 0.29) is 17.8 Å². The molecule has 1 aliphatic rings. The maximum atomic E-state index is 7.67. The number of ether oxygens (including phenoxy) is 1. The quantitative estimate of drug-likeness (QED) is 0.466. The molecule has 4 rings (SSSR count). The van der Waals surface area contributed by atoms with Gasteiger partial charge >= 0.3 is 0 Å². The lowest BCUT2D eigenvalue weighted by molar-refractivity contribution is 0.409. The van der Waals surface area contributed by atoms with Crippen molar-refractivity contribution in [2.24, 2.45) is 0 Å². The molecule has 1 aromatic heterocycles. The first kappa shape index (κ1) is 19.5. The van der Waals surface area contributed by atoms with Gasteiger partial charge < -0.3 is 31.8 Å². The molecule has 6 N–H and O–H groups in total. The predicted octanol–water partition coefficient (Wildman–Crippen LogP) is 2.69. The molecule has 0 fully saturated rings. The third kappa shape index (κ3) is 3.84. The van der Waals surface area contributed by atoms with Gasteiger partial charge in [-0.25, -0.2) is 0 Å². The van der Waals surface area contributed by atoms with Crippen LogP contribution in [0.25, 0.3) is 0 Å². The van der Waals surface area contributed by atoms with E-state index in [1.165, 1.54) is 11.3 Å². The van der Waals surface area contributed by atoms with Gasteiger partial charge in [-0.2, -0.15) is 9.97 Å². The number of methoxy groups -OCH3 is 1. The topological polar surface area (TPSA) is 126 Å². The summed E-state index contributed by atoms with van der Waals surface area (Å²) < 4.78 is 5.54. The molecule has 0 aliphatic carbocycles. The smallest absolute Gasteiger partial charge is 0.223 e. The summed E-state index contributed by atoms with van der Waals surface area (Å²) in [6.45, 7) is 1.46. The summed E-state index contributed by atoms with van der Waals surface area (Å²) in [5, 5.41) is 11.1. The van der Waals surface area contributed by atoms with Crippen LogP contribution in [-0.4, -0.2) is 35.9 Å². The molecule has 8 heteroatoms. The van der Waals surface area contributed by atoms with E-state index in [2.05, 4.69) is 44.5 Å². The number of nitrogens with two attached hydrogens (primary N) is 2. The van der Waals surface area contributed by atoms with Gasteiger partial charge in [0, 0.05) is 36.6 Å². The lowest BCUT2D eigenvalue weighted by Gasteiger charge is -2.37. The van der Waals surface area contributed by atoms with Crippen LogP contribution in [-0.2, 0) is 13.0 Å². The van der Waals surface area contributed by atoms with Crippen molar-refractivity contribution in [3.63, 3.8) is 0 Å². The van der Waals surface area contributed by atoms with Gasteiger partial charge in [-0.3, -0.25) is 0 Å². The Morgan fingerprint density at radius 1 is 1.17 bits per heavy atom. The average Bonchev–Trinajstić information content (AvgIpc) is 2.74. The SMILES string of the molecule is COc1ccccc1CN1CC(Nc2nc(N)nc(N)c2C=N)Cc2ccccc21. The Morgan fingerprint density at radius 2 is 1.93 bits per heavy atom. The van der Waals surface area contributed by atoms with Crippen LogP contribution >= 0.6 is 0 Å². The van der Waals surface area contributed by atoms with Crippen molar-refractivity contribution < 1.29 is 4.74 Å². The fraction of sp³-hybridized carbons (Fsp3) is 0.227. The van der Waals surface area contributed by atoms with E-state index in [1.807, 2.05) is 24.3 Å². The summed E-state index contributed by atoms with van der Waals surface area (Å²) in [5.74, 6) is 1.63. The molecule has 0 spiro atoms. The molecule has 2 heterocycles. The molecule has 0 saturated heterocycles. The van der Waals surface area contributed by atoms with Gasteiger partial charge in [0.1, 0.15) is 17.4 Å². The fourth-order valence-corrected chi connectivity index (χ4v) is 3.92. The number of rotatable bonds is 6. The van der Waals surface area contributed by atoms with E-state index in [4.69, 9.17) is 21.6 Å². The van der Waals surface area contributed by atoms with E-state index in [0.29, 0.717) is 17.9 Å². The minimum Gasteiger partial charge on any atom is -0.496 e. The summed E-state index contributed by atoms with van der Waals surface area (Å²) in [7, 11) is 1.69. The Morgan fingerprint density at radius 3 is 2.73 bits per heavy atom. The number of benzene rings is 2. The Balaban J connectivity index is 1.64. The highest BCUT2D eigenvalue weighted by Crippen LogP contribution is 2.31. The van der Waals surface area contributed by atoms with Crippen LogP contribution in [0.5, 0.6) is 5.75 Å². The lowest BCUT2D eigenvalue weighted by Crippen LogP contribution is -2.42. The summed E-state index contributed by atoms with van der Waals surface area (Å²) in [4.78, 5) is 10.6. The number of fused-ring (bicyclic) bond motifs is 1. The van der Waals surface area contributed by atoms with Crippen molar-refractivity contribution in [1.29, 1.82) is 5.41 Å². The largest absolute Gasteiger partial charge is 0.496 e. The number of anilines is 4. The molecule has 8 nitrogen and oxygen atoms in total. The lowest BCUT2D eigenvalue weighted by atomic mass is 9.97. The van der Waals surface area contributed by atoms with E-state index >= 15 is 0 Å². The Kier molecular flexibility index (Phi) is 5.38. The second kappa shape index (κ2) is 8.28. The Labute approximate surface area is 175 Å². The summed E-state index contributed by atoms with van der Waals surface area (Å²) in [6, 6.07) is 16.5. The Hall–Kier alpha value is -3.81. The van der Waals surface area contributed by atoms with Crippen molar-refractivity contribution in [2.75, 3.05) is 35.3 Å². The van der Waals surface area contributed by atoms with Gasteiger partial charge in [-0.05, 0) is 24.1 Å². The van der Waals surface area contributed by atoms with Gasteiger partial charge in [-0.1, -0.05) is 36.4 Å². The molecule has 0 radical (unpaired) electrons. The zero-order valence-corrected chi connectivity index (χ0v) is 16.8. The predicted molar refractivity (Wildman–Crippen MR) is 120 cm³/mol. The standard InChI is InChI=1S/C22H25N7O/c1-30-19-9-5-3-7-15(19)12-29-13-16(10-14-6-2-4-8-18(14)29)26-21-17(11-23)20(24)27-22(25)28-21/h2-9,11,16,23H,10,12-13H2,1H3,(H5,24,25,26,27,28). The molecule has 3 aromatic rings. The van der Waals surface area contributed by atoms with Crippen molar-refractivity contribution in [3.05, 3.63) is 65.2 Å². The molecular formula is C22H25N7O. The van der Waals surface area contributed by atoms with Gasteiger partial charge in [0.2, 0.25) is 5.95 Å². The minimum atomic E-state index is 0.0574. The van der Waals surface area contributed by atoms with Gasteiger partial charge in [0.25, 0.3) is 0 Å². The first-order valence-corrected chi connectivity index (χ1v) is 9.73. The highest BCUT2D eigenvalue weighted by Gasteiger charge is 2.26. The number of nitrogens with zero attached hydrogens (tertiary/aromatic N) is 3. The van der Waals surface area contributed by atoms with Gasteiger partial charge in [0.15, 0.2) is 0 Å². The first-order chi connectivity index (χ1) is 14.6. The van der Waals surface area contributed by atoms with E-state index in [9.17, 15) is 0 Å². The normalized spacial score (nSPS) is 15.4. The van der Waals surface area contributed by atoms with Crippen molar-refractivity contribution >= 4 is 29.5 Å². The minimum absolute atomic E-state index is 0.0574. The second-order valence-electron chi connectivity index (χ2n) is 7.24. The van der Waals surface area contributed by atoms with E-state index in [0.717, 1.165) is 30.5 Å². The van der Waals surface area contributed by atoms with Crippen molar-refractivity contribution in [1.82, 2.24) is 9.97 Å². The molecule has 154 valence electrons. The van der Waals surface area contributed by atoms with E-state index in [1.54, 1.807) is 7.11 Å². The van der Waals surface area contributed by atoms with Crippen molar-refractivity contribution in [2.45, 2.75) is 19.0 Å². The number of nitrogens with one attached hydrogen (secondary N) is 2. The van der Waals surface area contributed by atoms with Crippen LogP contribution in [0.3, 0.4) is 0 Å². The molecule has 1 unspecified atom stereocenters. The zero-order valence-electron chi connectivity index (χ0n) is 16.8. The Bertz CT molecular complexity index is 1070. The van der Waals surface area contributed by atoms with Crippen LogP contribution in [0.15, 0.2) is 48.5 Å². The van der Waals surface area contributed by atoms with Gasteiger partial charge in [-0.15, -0.1) is 0 Å². The van der Waals surface area contributed by atoms with Crippen LogP contribution in [0.4, 0.5) is 23.3 Å². The maximum Gasteiger partial charge on any atom is 0.223 e. The zero-order chi connectivity index (χ0) is 21.1. The summed E-state index contributed by atoms with van der Waals surface area (Å²) in [6.07, 6.45) is 1.97. The summed E-state index contributed by atoms with van der Waals surface area (Å²) >= 11 is 0. The van der Waals surface area contributed by atoms with E-state index < -0.39 is 0 Å². The fourth-order valence-electron chi connectivity index (χ4n) is 3.92. The monoisotopic (exact) mass is 403 g/mol. The van der Waals surface area contributed by atoms with Gasteiger partial charge in [0.05, 0.1) is 12.7 Å². The highest BCUT2D eigenvalue weighted by molar-refractivity contribution is 5.90. The molecule has 0 bridgehead atoms. The highest BCUT2D eigenvalue weighted by atomic mass is 16.5. The summed E-state index contributed by atoms with van der Waals surface area (Å²) in [5.41, 5.74) is 15.7.